The topological polar surface area (TPSA) is 54.5 Å². The van der Waals surface area contributed by atoms with Gasteiger partial charge in [-0.2, -0.15) is 0 Å². The first kappa shape index (κ1) is 18.3. The smallest absolute Gasteiger partial charge is 0.324 e. The zero-order valence-electron chi connectivity index (χ0n) is 15.9. The van der Waals surface area contributed by atoms with E-state index in [0.29, 0.717) is 0 Å². The summed E-state index contributed by atoms with van der Waals surface area (Å²) in [6.07, 6.45) is 8.93. The second-order valence-corrected chi connectivity index (χ2v) is 8.44. The second kappa shape index (κ2) is 8.30. The minimum absolute atomic E-state index is 0.0242. The molecule has 4 rings (SSSR count). The van der Waals surface area contributed by atoms with Crippen molar-refractivity contribution in [2.75, 3.05) is 19.0 Å². The molecule has 0 bridgehead atoms. The Morgan fingerprint density at radius 2 is 1.96 bits per heavy atom. The monoisotopic (exact) mass is 385 g/mol. The van der Waals surface area contributed by atoms with Crippen molar-refractivity contribution in [3.63, 3.8) is 0 Å². The van der Waals surface area contributed by atoms with Crippen LogP contribution in [0.2, 0.25) is 0 Å². The van der Waals surface area contributed by atoms with E-state index in [2.05, 4.69) is 22.4 Å². The summed E-state index contributed by atoms with van der Waals surface area (Å²) in [6.45, 7) is 0.785. The van der Waals surface area contributed by atoms with Crippen LogP contribution in [-0.2, 0) is 12.8 Å². The molecule has 5 nitrogen and oxygen atoms in total. The molecule has 1 unspecified atom stereocenters. The van der Waals surface area contributed by atoms with Crippen molar-refractivity contribution >= 4 is 22.5 Å². The molecule has 0 spiro atoms. The van der Waals surface area contributed by atoms with E-state index in [1.807, 2.05) is 17.0 Å². The minimum Gasteiger partial charge on any atom is -0.497 e. The third-order valence-corrected chi connectivity index (χ3v) is 6.65. The summed E-state index contributed by atoms with van der Waals surface area (Å²) >= 11 is 1.65. The molecule has 2 aromatic rings. The van der Waals surface area contributed by atoms with E-state index in [-0.39, 0.29) is 12.1 Å². The number of thiazole rings is 1. The number of nitrogens with zero attached hydrogens (tertiary/aromatic N) is 2. The van der Waals surface area contributed by atoms with Gasteiger partial charge in [0.25, 0.3) is 0 Å². The molecule has 2 aliphatic rings. The lowest BCUT2D eigenvalue weighted by molar-refractivity contribution is 0.189. The Morgan fingerprint density at radius 1 is 1.15 bits per heavy atom. The summed E-state index contributed by atoms with van der Waals surface area (Å²) in [5.74, 6) is 0.844. The van der Waals surface area contributed by atoms with Crippen molar-refractivity contribution in [1.82, 2.24) is 9.88 Å². The highest BCUT2D eigenvalue weighted by Crippen LogP contribution is 2.33. The molecule has 2 amide bonds. The number of carbonyl (C=O) groups is 1. The van der Waals surface area contributed by atoms with Crippen LogP contribution in [0, 0.1) is 0 Å². The number of hydrogen-bond acceptors (Lipinski definition) is 4. The quantitative estimate of drug-likeness (QED) is 0.792. The molecule has 144 valence electrons. The maximum atomic E-state index is 13.1. The van der Waals surface area contributed by atoms with Crippen molar-refractivity contribution in [2.24, 2.45) is 0 Å². The molecule has 1 aliphatic heterocycles. The molecule has 2 heterocycles. The fraction of sp³-hybridized carbons (Fsp3) is 0.524. The SMILES string of the molecule is COc1ccc(C2CCCCCN2C(=O)Nc2nc3c(s2)CCCC3)cc1. The van der Waals surface area contributed by atoms with Crippen LogP contribution in [0.25, 0.3) is 0 Å². The van der Waals surface area contributed by atoms with Crippen LogP contribution in [0.5, 0.6) is 5.75 Å². The number of aryl methyl sites for hydroxylation is 2. The van der Waals surface area contributed by atoms with Gasteiger partial charge in [-0.25, -0.2) is 9.78 Å². The fourth-order valence-corrected chi connectivity index (χ4v) is 5.13. The van der Waals surface area contributed by atoms with Gasteiger partial charge in [-0.1, -0.05) is 25.0 Å². The number of amides is 2. The van der Waals surface area contributed by atoms with Crippen molar-refractivity contribution in [3.8, 4) is 5.75 Å². The van der Waals surface area contributed by atoms with Gasteiger partial charge < -0.3 is 9.64 Å². The van der Waals surface area contributed by atoms with Crippen LogP contribution in [0.1, 0.15) is 60.7 Å². The molecule has 1 aliphatic carbocycles. The standard InChI is InChI=1S/C21H27N3O2S/c1-26-16-12-10-15(11-13-16)18-8-3-2-6-14-24(18)21(25)23-20-22-17-7-4-5-9-19(17)27-20/h10-13,18H,2-9,14H2,1H3,(H,22,23,25). The van der Waals surface area contributed by atoms with E-state index in [0.717, 1.165) is 49.5 Å². The highest BCUT2D eigenvalue weighted by molar-refractivity contribution is 7.15. The molecule has 1 aromatic carbocycles. The summed E-state index contributed by atoms with van der Waals surface area (Å²) in [5.41, 5.74) is 2.36. The number of urea groups is 1. The van der Waals surface area contributed by atoms with Crippen LogP contribution in [-0.4, -0.2) is 29.6 Å². The lowest BCUT2D eigenvalue weighted by Crippen LogP contribution is -2.38. The predicted molar refractivity (Wildman–Crippen MR) is 109 cm³/mol. The molecule has 1 saturated heterocycles. The largest absolute Gasteiger partial charge is 0.497 e. The van der Waals surface area contributed by atoms with Gasteiger partial charge in [-0.05, 0) is 56.2 Å². The molecular weight excluding hydrogens is 358 g/mol. The van der Waals surface area contributed by atoms with Crippen LogP contribution in [0.3, 0.4) is 0 Å². The summed E-state index contributed by atoms with van der Waals surface area (Å²) < 4.78 is 5.27. The first-order chi connectivity index (χ1) is 13.2. The van der Waals surface area contributed by atoms with Crippen molar-refractivity contribution in [3.05, 3.63) is 40.4 Å². The van der Waals surface area contributed by atoms with Gasteiger partial charge in [0.2, 0.25) is 0 Å². The number of benzene rings is 1. The number of ether oxygens (including phenoxy) is 1. The Hall–Kier alpha value is -2.08. The highest BCUT2D eigenvalue weighted by atomic mass is 32.1. The van der Waals surface area contributed by atoms with Gasteiger partial charge in [0.05, 0.1) is 18.8 Å². The molecule has 1 atom stereocenters. The van der Waals surface area contributed by atoms with E-state index < -0.39 is 0 Å². The van der Waals surface area contributed by atoms with Crippen molar-refractivity contribution < 1.29 is 9.53 Å². The van der Waals surface area contributed by atoms with E-state index >= 15 is 0 Å². The van der Waals surface area contributed by atoms with Crippen molar-refractivity contribution in [2.45, 2.75) is 57.4 Å². The summed E-state index contributed by atoms with van der Waals surface area (Å²) in [7, 11) is 1.67. The van der Waals surface area contributed by atoms with Gasteiger partial charge in [0.1, 0.15) is 5.75 Å². The number of rotatable bonds is 3. The number of nitrogens with one attached hydrogen (secondary N) is 1. The van der Waals surface area contributed by atoms with Crippen LogP contribution >= 0.6 is 11.3 Å². The highest BCUT2D eigenvalue weighted by Gasteiger charge is 2.28. The molecular formula is C21H27N3O2S. The van der Waals surface area contributed by atoms with E-state index in [9.17, 15) is 4.79 Å². The third kappa shape index (κ3) is 4.10. The molecule has 1 N–H and O–H groups in total. The Bertz CT molecular complexity index is 764. The summed E-state index contributed by atoms with van der Waals surface area (Å²) in [6, 6.07) is 8.20. The molecule has 0 radical (unpaired) electrons. The first-order valence-corrected chi connectivity index (χ1v) is 10.8. The number of carbonyl (C=O) groups excluding carboxylic acids is 1. The van der Waals surface area contributed by atoms with E-state index in [1.165, 1.54) is 35.4 Å². The molecule has 1 aromatic heterocycles. The molecule has 1 fully saturated rings. The lowest BCUT2D eigenvalue weighted by atomic mass is 10.0. The Balaban J connectivity index is 1.52. The summed E-state index contributed by atoms with van der Waals surface area (Å²) in [5, 5.41) is 3.84. The molecule has 27 heavy (non-hydrogen) atoms. The Morgan fingerprint density at radius 3 is 2.74 bits per heavy atom. The Kier molecular flexibility index (Phi) is 5.62. The number of aromatic nitrogens is 1. The van der Waals surface area contributed by atoms with Crippen LogP contribution < -0.4 is 10.1 Å². The predicted octanol–water partition coefficient (Wildman–Crippen LogP) is 5.18. The van der Waals surface area contributed by atoms with Crippen LogP contribution in [0.15, 0.2) is 24.3 Å². The average molecular weight is 386 g/mol. The number of anilines is 1. The Labute approximate surface area is 164 Å². The maximum absolute atomic E-state index is 13.1. The summed E-state index contributed by atoms with van der Waals surface area (Å²) in [4.78, 5) is 21.1. The van der Waals surface area contributed by atoms with Gasteiger partial charge in [0, 0.05) is 11.4 Å². The van der Waals surface area contributed by atoms with Gasteiger partial charge in [-0.15, -0.1) is 11.3 Å². The normalized spacial score (nSPS) is 19.9. The second-order valence-electron chi connectivity index (χ2n) is 7.36. The molecule has 0 saturated carbocycles. The zero-order chi connectivity index (χ0) is 18.6. The number of hydrogen-bond donors (Lipinski definition) is 1. The first-order valence-electron chi connectivity index (χ1n) is 9.95. The number of likely N-dealkylation sites (tertiary alicyclic amines) is 1. The van der Waals surface area contributed by atoms with E-state index in [4.69, 9.17) is 4.74 Å². The third-order valence-electron chi connectivity index (χ3n) is 5.57. The van der Waals surface area contributed by atoms with Crippen molar-refractivity contribution in [1.29, 1.82) is 0 Å². The van der Waals surface area contributed by atoms with Gasteiger partial charge >= 0.3 is 6.03 Å². The number of fused-ring (bicyclic) bond motifs is 1. The van der Waals surface area contributed by atoms with Gasteiger partial charge in [-0.3, -0.25) is 5.32 Å². The zero-order valence-corrected chi connectivity index (χ0v) is 16.7. The van der Waals surface area contributed by atoms with Gasteiger partial charge in [0.15, 0.2) is 5.13 Å². The fourth-order valence-electron chi connectivity index (χ4n) is 4.09. The number of methoxy groups -OCH3 is 1. The average Bonchev–Trinajstić information content (AvgIpc) is 2.94. The lowest BCUT2D eigenvalue weighted by Gasteiger charge is -2.30. The minimum atomic E-state index is -0.0242. The maximum Gasteiger partial charge on any atom is 0.324 e. The molecule has 6 heteroatoms. The van der Waals surface area contributed by atoms with Crippen LogP contribution in [0.4, 0.5) is 9.93 Å². The van der Waals surface area contributed by atoms with E-state index in [1.54, 1.807) is 18.4 Å².